The number of hydrogen-bond acceptors (Lipinski definition) is 10. The Bertz CT molecular complexity index is 637. The molecule has 3 atom stereocenters. The van der Waals surface area contributed by atoms with E-state index in [2.05, 4.69) is 9.51 Å². The first-order chi connectivity index (χ1) is 14.4. The van der Waals surface area contributed by atoms with E-state index in [1.807, 2.05) is 13.8 Å². The van der Waals surface area contributed by atoms with Gasteiger partial charge in [0.2, 0.25) is 0 Å². The highest BCUT2D eigenvalue weighted by molar-refractivity contribution is 7.40. The van der Waals surface area contributed by atoms with Crippen LogP contribution in [0, 0.1) is 0 Å². The smallest absolute Gasteiger partial charge is 0.351 e. The third-order valence-corrected chi connectivity index (χ3v) is 5.21. The molecule has 0 aliphatic carbocycles. The summed E-state index contributed by atoms with van der Waals surface area (Å²) in [6.07, 6.45) is 6.23. The highest BCUT2D eigenvalue weighted by Gasteiger charge is 2.28. The minimum Gasteiger partial charge on any atom is -0.383 e. The van der Waals surface area contributed by atoms with Gasteiger partial charge in [-0.3, -0.25) is 4.57 Å². The van der Waals surface area contributed by atoms with Gasteiger partial charge in [0.1, 0.15) is 12.0 Å². The van der Waals surface area contributed by atoms with Gasteiger partial charge in [-0.05, 0) is 31.7 Å². The molecule has 0 spiro atoms. The molecule has 0 saturated carbocycles. The molecule has 1 aliphatic rings. The van der Waals surface area contributed by atoms with Gasteiger partial charge in [-0.2, -0.15) is 4.98 Å². The highest BCUT2D eigenvalue weighted by Crippen LogP contribution is 2.35. The standard InChI is InChI=1S/C13H22N3O5P.C4H11O3P/c1-2-3-8-19-22(18)20-9-10-4-5-12(21-10)16-7-6-11(14)15-13(16)17;1-2-3-4-7-8(5)6/h6-7,10,12,18H,2-5,8-9H2,1H3,(H2,14,15,17);5-6H,2-4H2,1H3. The molecule has 30 heavy (non-hydrogen) atoms. The molecule has 0 aromatic carbocycles. The Morgan fingerprint density at radius 3 is 2.43 bits per heavy atom. The third kappa shape index (κ3) is 11.6. The first kappa shape index (κ1) is 27.3. The van der Waals surface area contributed by atoms with E-state index in [9.17, 15) is 9.69 Å². The van der Waals surface area contributed by atoms with Gasteiger partial charge in [-0.25, -0.2) is 4.79 Å². The minimum absolute atomic E-state index is 0.179. The Morgan fingerprint density at radius 1 is 1.17 bits per heavy atom. The van der Waals surface area contributed by atoms with Gasteiger partial charge < -0.3 is 38.7 Å². The molecule has 1 aromatic rings. The number of aromatic nitrogens is 2. The summed E-state index contributed by atoms with van der Waals surface area (Å²) in [5, 5.41) is 0. The summed E-state index contributed by atoms with van der Waals surface area (Å²) in [6, 6.07) is 1.56. The van der Waals surface area contributed by atoms with Gasteiger partial charge in [0.15, 0.2) is 0 Å². The van der Waals surface area contributed by atoms with Crippen molar-refractivity contribution < 1.29 is 33.0 Å². The molecule has 11 nitrogen and oxygen atoms in total. The fraction of sp³-hybridized carbons (Fsp3) is 0.765. The van der Waals surface area contributed by atoms with Crippen LogP contribution in [0.1, 0.15) is 58.6 Å². The maximum absolute atomic E-state index is 11.8. The van der Waals surface area contributed by atoms with Crippen molar-refractivity contribution in [3.8, 4) is 0 Å². The minimum atomic E-state index is -2.11. The van der Waals surface area contributed by atoms with E-state index >= 15 is 0 Å². The van der Waals surface area contributed by atoms with Crippen LogP contribution in [-0.2, 0) is 18.3 Å². The van der Waals surface area contributed by atoms with E-state index in [4.69, 9.17) is 29.3 Å². The van der Waals surface area contributed by atoms with E-state index in [1.165, 1.54) is 4.57 Å². The summed E-state index contributed by atoms with van der Waals surface area (Å²) in [5.41, 5.74) is 5.03. The van der Waals surface area contributed by atoms with Crippen molar-refractivity contribution >= 4 is 23.0 Å². The Kier molecular flexibility index (Phi) is 14.5. The van der Waals surface area contributed by atoms with Crippen molar-refractivity contribution in [3.63, 3.8) is 0 Å². The quantitative estimate of drug-likeness (QED) is 0.265. The molecule has 13 heteroatoms. The number of hydrogen-bond donors (Lipinski definition) is 4. The van der Waals surface area contributed by atoms with Crippen LogP contribution in [0.2, 0.25) is 0 Å². The molecule has 0 radical (unpaired) electrons. The van der Waals surface area contributed by atoms with Gasteiger partial charge in [0, 0.05) is 6.20 Å². The monoisotopic (exact) mass is 469 g/mol. The number of ether oxygens (including phenoxy) is 1. The van der Waals surface area contributed by atoms with E-state index in [-0.39, 0.29) is 24.8 Å². The average Bonchev–Trinajstić information content (AvgIpc) is 3.16. The van der Waals surface area contributed by atoms with Crippen LogP contribution in [-0.4, -0.2) is 50.2 Å². The van der Waals surface area contributed by atoms with Crippen molar-refractivity contribution in [2.24, 2.45) is 0 Å². The van der Waals surface area contributed by atoms with Crippen LogP contribution >= 0.6 is 17.2 Å². The molecule has 1 aliphatic heterocycles. The lowest BCUT2D eigenvalue weighted by Gasteiger charge is -2.17. The normalized spacial score (nSPS) is 19.5. The molecule has 1 aromatic heterocycles. The van der Waals surface area contributed by atoms with E-state index < -0.39 is 22.9 Å². The fourth-order valence-corrected chi connectivity index (χ4v) is 3.37. The van der Waals surface area contributed by atoms with Gasteiger partial charge >= 0.3 is 22.9 Å². The topological polar surface area (TPSA) is 159 Å². The molecule has 0 amide bonds. The van der Waals surface area contributed by atoms with Crippen LogP contribution in [0.5, 0.6) is 0 Å². The zero-order valence-electron chi connectivity index (χ0n) is 17.4. The summed E-state index contributed by atoms with van der Waals surface area (Å²) >= 11 is 0. The largest absolute Gasteiger partial charge is 0.383 e. The van der Waals surface area contributed by atoms with Crippen molar-refractivity contribution in [2.45, 2.75) is 64.7 Å². The number of anilines is 1. The highest BCUT2D eigenvalue weighted by atomic mass is 31.2. The van der Waals surface area contributed by atoms with Gasteiger partial charge in [-0.15, -0.1) is 0 Å². The summed E-state index contributed by atoms with van der Waals surface area (Å²) < 4.78 is 22.0. The molecule has 2 heterocycles. The fourth-order valence-electron chi connectivity index (χ4n) is 2.42. The number of nitrogen functional groups attached to an aromatic ring is 1. The van der Waals surface area contributed by atoms with Crippen molar-refractivity contribution in [3.05, 3.63) is 22.7 Å². The summed E-state index contributed by atoms with van der Waals surface area (Å²) in [7, 11) is -3.98. The molecule has 1 fully saturated rings. The predicted octanol–water partition coefficient (Wildman–Crippen LogP) is 2.57. The zero-order chi connectivity index (χ0) is 22.4. The van der Waals surface area contributed by atoms with E-state index in [0.29, 0.717) is 19.6 Å². The average molecular weight is 469 g/mol. The number of unbranched alkanes of at least 4 members (excludes halogenated alkanes) is 2. The maximum atomic E-state index is 11.8. The molecule has 174 valence electrons. The van der Waals surface area contributed by atoms with Crippen molar-refractivity contribution in [1.29, 1.82) is 0 Å². The van der Waals surface area contributed by atoms with Crippen LogP contribution < -0.4 is 11.4 Å². The second-order valence-corrected chi connectivity index (χ2v) is 8.25. The SMILES string of the molecule is CCCCOP(O)O.CCCCOP(O)OCC1CCC(n2ccc(N)nc2=O)O1. The summed E-state index contributed by atoms with van der Waals surface area (Å²) in [4.78, 5) is 41.4. The molecular weight excluding hydrogens is 436 g/mol. The van der Waals surface area contributed by atoms with Gasteiger partial charge in [-0.1, -0.05) is 26.7 Å². The molecular formula is C17H33N3O8P2. The van der Waals surface area contributed by atoms with Crippen LogP contribution in [0.3, 0.4) is 0 Å². The van der Waals surface area contributed by atoms with Crippen LogP contribution in [0.25, 0.3) is 0 Å². The third-order valence-electron chi connectivity index (χ3n) is 4.02. The molecule has 5 N–H and O–H groups in total. The number of nitrogens with two attached hydrogens (primary N) is 1. The first-order valence-electron chi connectivity index (χ1n) is 9.93. The Hall–Kier alpha value is -0.740. The van der Waals surface area contributed by atoms with Gasteiger partial charge in [0.05, 0.1) is 25.9 Å². The van der Waals surface area contributed by atoms with Crippen molar-refractivity contribution in [1.82, 2.24) is 9.55 Å². The summed E-state index contributed by atoms with van der Waals surface area (Å²) in [6.45, 7) is 5.24. The second-order valence-electron chi connectivity index (χ2n) is 6.49. The number of nitrogens with zero attached hydrogens (tertiary/aromatic N) is 2. The van der Waals surface area contributed by atoms with Crippen molar-refractivity contribution in [2.75, 3.05) is 25.6 Å². The zero-order valence-corrected chi connectivity index (χ0v) is 19.2. The Morgan fingerprint density at radius 2 is 1.83 bits per heavy atom. The van der Waals surface area contributed by atoms with Crippen LogP contribution in [0.15, 0.2) is 17.1 Å². The molecule has 3 unspecified atom stereocenters. The van der Waals surface area contributed by atoms with E-state index in [1.54, 1.807) is 12.3 Å². The van der Waals surface area contributed by atoms with Crippen LogP contribution in [0.4, 0.5) is 5.82 Å². The first-order valence-corrected chi connectivity index (χ1v) is 12.2. The Balaban J connectivity index is 0.000000479. The maximum Gasteiger partial charge on any atom is 0.351 e. The molecule has 0 bridgehead atoms. The lowest BCUT2D eigenvalue weighted by Crippen LogP contribution is -2.27. The number of rotatable bonds is 12. The lowest BCUT2D eigenvalue weighted by atomic mass is 10.2. The van der Waals surface area contributed by atoms with E-state index in [0.717, 1.165) is 32.1 Å². The second kappa shape index (κ2) is 16.0. The predicted molar refractivity (Wildman–Crippen MR) is 114 cm³/mol. The summed E-state index contributed by atoms with van der Waals surface area (Å²) in [5.74, 6) is 0.189. The molecule has 2 rings (SSSR count). The molecule has 1 saturated heterocycles. The van der Waals surface area contributed by atoms with Gasteiger partial charge in [0.25, 0.3) is 0 Å². The Labute approximate surface area is 179 Å². The lowest BCUT2D eigenvalue weighted by molar-refractivity contribution is -0.0225.